The highest BCUT2D eigenvalue weighted by atomic mass is 32.2. The summed E-state index contributed by atoms with van der Waals surface area (Å²) < 4.78 is 42.8. The third-order valence-electron chi connectivity index (χ3n) is 3.35. The number of hydrogen-bond donors (Lipinski definition) is 1. The lowest BCUT2D eigenvalue weighted by Crippen LogP contribution is -2.28. The molecule has 0 spiro atoms. The summed E-state index contributed by atoms with van der Waals surface area (Å²) in [4.78, 5) is 0.107. The van der Waals surface area contributed by atoms with Crippen LogP contribution in [0.1, 0.15) is 5.56 Å². The van der Waals surface area contributed by atoms with Crippen molar-refractivity contribution in [1.29, 1.82) is 0 Å². The first-order valence-corrected chi connectivity index (χ1v) is 8.86. The van der Waals surface area contributed by atoms with Crippen molar-refractivity contribution < 1.29 is 22.6 Å². The smallest absolute Gasteiger partial charge is 0.240 e. The molecule has 0 radical (unpaired) electrons. The normalized spacial score (nSPS) is 11.1. The van der Waals surface area contributed by atoms with Crippen molar-refractivity contribution in [3.63, 3.8) is 0 Å². The fourth-order valence-corrected chi connectivity index (χ4v) is 3.07. The van der Waals surface area contributed by atoms with Gasteiger partial charge in [0.25, 0.3) is 0 Å². The molecule has 2 aromatic carbocycles. The topological polar surface area (TPSA) is 73.9 Å². The third kappa shape index (κ3) is 4.62. The van der Waals surface area contributed by atoms with Gasteiger partial charge in [0.1, 0.15) is 12.4 Å². The molecule has 24 heavy (non-hydrogen) atoms. The van der Waals surface area contributed by atoms with Gasteiger partial charge in [-0.1, -0.05) is 17.7 Å². The summed E-state index contributed by atoms with van der Waals surface area (Å²) in [5.74, 6) is 1.53. The van der Waals surface area contributed by atoms with Crippen LogP contribution in [0.3, 0.4) is 0 Å². The number of nitrogens with one attached hydrogen (secondary N) is 1. The first-order chi connectivity index (χ1) is 11.5. The van der Waals surface area contributed by atoms with Gasteiger partial charge in [-0.05, 0) is 31.2 Å². The Balaban J connectivity index is 1.94. The highest BCUT2D eigenvalue weighted by Gasteiger charge is 2.16. The Hall–Kier alpha value is -2.25. The molecule has 0 saturated carbocycles. The lowest BCUT2D eigenvalue weighted by molar-refractivity contribution is 0.322. The van der Waals surface area contributed by atoms with E-state index in [0.717, 1.165) is 5.56 Å². The van der Waals surface area contributed by atoms with Gasteiger partial charge in [-0.25, -0.2) is 13.1 Å². The Bertz CT molecular complexity index is 772. The second-order valence-electron chi connectivity index (χ2n) is 5.08. The Kier molecular flexibility index (Phi) is 6.05. The molecule has 0 aliphatic rings. The van der Waals surface area contributed by atoms with Crippen LogP contribution in [0.15, 0.2) is 47.4 Å². The predicted octanol–water partition coefficient (Wildman–Crippen LogP) is 2.37. The van der Waals surface area contributed by atoms with Crippen molar-refractivity contribution >= 4 is 10.0 Å². The minimum atomic E-state index is -3.64. The molecule has 0 fully saturated rings. The van der Waals surface area contributed by atoms with Gasteiger partial charge in [0, 0.05) is 12.6 Å². The lowest BCUT2D eigenvalue weighted by Gasteiger charge is -2.11. The van der Waals surface area contributed by atoms with Crippen molar-refractivity contribution in [2.75, 3.05) is 27.4 Å². The van der Waals surface area contributed by atoms with E-state index in [-0.39, 0.29) is 18.0 Å². The summed E-state index contributed by atoms with van der Waals surface area (Å²) in [5, 5.41) is 0. The van der Waals surface area contributed by atoms with Crippen LogP contribution in [-0.2, 0) is 10.0 Å². The Morgan fingerprint density at radius 1 is 0.958 bits per heavy atom. The quantitative estimate of drug-likeness (QED) is 0.739. The predicted molar refractivity (Wildman–Crippen MR) is 91.4 cm³/mol. The van der Waals surface area contributed by atoms with Crippen LogP contribution >= 0.6 is 0 Å². The van der Waals surface area contributed by atoms with E-state index in [2.05, 4.69) is 4.72 Å². The van der Waals surface area contributed by atoms with Gasteiger partial charge in [0.2, 0.25) is 10.0 Å². The van der Waals surface area contributed by atoms with E-state index < -0.39 is 10.0 Å². The molecule has 0 heterocycles. The van der Waals surface area contributed by atoms with E-state index in [0.29, 0.717) is 17.2 Å². The van der Waals surface area contributed by atoms with Crippen molar-refractivity contribution in [3.8, 4) is 17.2 Å². The standard InChI is InChI=1S/C17H21NO5S/c1-13-4-6-14(7-5-13)23-11-10-18-24(19,20)15-8-9-16(21-2)17(12-15)22-3/h4-9,12,18H,10-11H2,1-3H3. The van der Waals surface area contributed by atoms with Crippen LogP contribution in [0, 0.1) is 6.92 Å². The Morgan fingerprint density at radius 2 is 1.62 bits per heavy atom. The van der Waals surface area contributed by atoms with Crippen molar-refractivity contribution in [3.05, 3.63) is 48.0 Å². The van der Waals surface area contributed by atoms with E-state index in [1.165, 1.54) is 26.4 Å². The molecule has 7 heteroatoms. The largest absolute Gasteiger partial charge is 0.493 e. The van der Waals surface area contributed by atoms with Crippen LogP contribution in [0.5, 0.6) is 17.2 Å². The lowest BCUT2D eigenvalue weighted by atomic mass is 10.2. The van der Waals surface area contributed by atoms with Crippen LogP contribution < -0.4 is 18.9 Å². The van der Waals surface area contributed by atoms with Gasteiger partial charge in [0.15, 0.2) is 11.5 Å². The molecule has 6 nitrogen and oxygen atoms in total. The molecule has 0 aliphatic carbocycles. The summed E-state index contributed by atoms with van der Waals surface area (Å²) in [6.07, 6.45) is 0. The number of aryl methyl sites for hydroxylation is 1. The molecule has 0 aliphatic heterocycles. The second kappa shape index (κ2) is 8.03. The van der Waals surface area contributed by atoms with E-state index in [4.69, 9.17) is 14.2 Å². The van der Waals surface area contributed by atoms with Gasteiger partial charge in [-0.3, -0.25) is 0 Å². The molecule has 0 bridgehead atoms. The van der Waals surface area contributed by atoms with Gasteiger partial charge in [0.05, 0.1) is 19.1 Å². The third-order valence-corrected chi connectivity index (χ3v) is 4.81. The fourth-order valence-electron chi connectivity index (χ4n) is 2.05. The second-order valence-corrected chi connectivity index (χ2v) is 6.84. The van der Waals surface area contributed by atoms with Gasteiger partial charge in [-0.2, -0.15) is 0 Å². The van der Waals surface area contributed by atoms with E-state index in [1.54, 1.807) is 6.07 Å². The summed E-state index contributed by atoms with van der Waals surface area (Å²) in [7, 11) is -0.696. The molecular weight excluding hydrogens is 330 g/mol. The van der Waals surface area contributed by atoms with Gasteiger partial charge < -0.3 is 14.2 Å². The maximum absolute atomic E-state index is 12.3. The minimum absolute atomic E-state index is 0.107. The molecule has 2 rings (SSSR count). The SMILES string of the molecule is COc1ccc(S(=O)(=O)NCCOc2ccc(C)cc2)cc1OC. The first kappa shape index (κ1) is 18.1. The molecule has 0 aromatic heterocycles. The molecule has 0 atom stereocenters. The zero-order valence-electron chi connectivity index (χ0n) is 13.9. The number of sulfonamides is 1. The molecule has 2 aromatic rings. The minimum Gasteiger partial charge on any atom is -0.493 e. The van der Waals surface area contributed by atoms with E-state index in [9.17, 15) is 8.42 Å². The van der Waals surface area contributed by atoms with E-state index >= 15 is 0 Å². The summed E-state index contributed by atoms with van der Waals surface area (Å²) >= 11 is 0. The molecular formula is C17H21NO5S. The first-order valence-electron chi connectivity index (χ1n) is 7.37. The number of ether oxygens (including phenoxy) is 3. The van der Waals surface area contributed by atoms with Gasteiger partial charge in [-0.15, -0.1) is 0 Å². The van der Waals surface area contributed by atoms with Crippen molar-refractivity contribution in [1.82, 2.24) is 4.72 Å². The Morgan fingerprint density at radius 3 is 2.25 bits per heavy atom. The molecule has 0 amide bonds. The molecule has 0 saturated heterocycles. The number of rotatable bonds is 8. The van der Waals surface area contributed by atoms with Crippen LogP contribution in [0.25, 0.3) is 0 Å². The summed E-state index contributed by atoms with van der Waals surface area (Å²) in [5.41, 5.74) is 1.14. The highest BCUT2D eigenvalue weighted by molar-refractivity contribution is 7.89. The average Bonchev–Trinajstić information content (AvgIpc) is 2.59. The molecule has 130 valence electrons. The highest BCUT2D eigenvalue weighted by Crippen LogP contribution is 2.29. The maximum atomic E-state index is 12.3. The van der Waals surface area contributed by atoms with E-state index in [1.807, 2.05) is 31.2 Å². The van der Waals surface area contributed by atoms with Crippen molar-refractivity contribution in [2.45, 2.75) is 11.8 Å². The average molecular weight is 351 g/mol. The zero-order valence-corrected chi connectivity index (χ0v) is 14.7. The summed E-state index contributed by atoms with van der Waals surface area (Å²) in [6.45, 7) is 2.38. The number of methoxy groups -OCH3 is 2. The van der Waals surface area contributed by atoms with Crippen LogP contribution in [-0.4, -0.2) is 35.8 Å². The summed E-state index contributed by atoms with van der Waals surface area (Å²) in [6, 6.07) is 12.0. The number of benzene rings is 2. The van der Waals surface area contributed by atoms with Crippen molar-refractivity contribution in [2.24, 2.45) is 0 Å². The zero-order chi connectivity index (χ0) is 17.6. The molecule has 1 N–H and O–H groups in total. The monoisotopic (exact) mass is 351 g/mol. The van der Waals surface area contributed by atoms with Crippen LogP contribution in [0.2, 0.25) is 0 Å². The van der Waals surface area contributed by atoms with Gasteiger partial charge >= 0.3 is 0 Å². The number of hydrogen-bond acceptors (Lipinski definition) is 5. The maximum Gasteiger partial charge on any atom is 0.240 e. The molecule has 0 unspecified atom stereocenters. The van der Waals surface area contributed by atoms with Crippen LogP contribution in [0.4, 0.5) is 0 Å². The Labute approximate surface area is 142 Å². The fraction of sp³-hybridized carbons (Fsp3) is 0.294.